The van der Waals surface area contributed by atoms with Gasteiger partial charge in [0.1, 0.15) is 6.26 Å². The van der Waals surface area contributed by atoms with Gasteiger partial charge in [0.15, 0.2) is 16.6 Å². The third-order valence-corrected chi connectivity index (χ3v) is 6.05. The van der Waals surface area contributed by atoms with Crippen molar-refractivity contribution in [1.82, 2.24) is 30.0 Å². The molecule has 0 radical (unpaired) electrons. The average molecular weight is 487 g/mol. The normalized spacial score (nSPS) is 11.0. The summed E-state index contributed by atoms with van der Waals surface area (Å²) in [5.74, 6) is 1.73. The van der Waals surface area contributed by atoms with E-state index in [2.05, 4.69) is 31.5 Å². The summed E-state index contributed by atoms with van der Waals surface area (Å²) in [5.41, 5.74) is 3.18. The van der Waals surface area contributed by atoms with Gasteiger partial charge in [-0.1, -0.05) is 30.0 Å². The minimum atomic E-state index is -0.288. The van der Waals surface area contributed by atoms with Gasteiger partial charge >= 0.3 is 0 Å². The highest BCUT2D eigenvalue weighted by Crippen LogP contribution is 2.30. The second kappa shape index (κ2) is 10.4. The van der Waals surface area contributed by atoms with E-state index in [4.69, 9.17) is 8.83 Å². The summed E-state index contributed by atoms with van der Waals surface area (Å²) in [6.45, 7) is 2.49. The summed E-state index contributed by atoms with van der Waals surface area (Å²) in [6, 6.07) is 17.4. The van der Waals surface area contributed by atoms with Crippen molar-refractivity contribution in [3.8, 4) is 17.3 Å². The van der Waals surface area contributed by atoms with Gasteiger partial charge in [-0.25, -0.2) is 4.98 Å². The van der Waals surface area contributed by atoms with Crippen molar-refractivity contribution in [2.45, 2.75) is 24.3 Å². The molecule has 0 spiro atoms. The summed E-state index contributed by atoms with van der Waals surface area (Å²) in [5, 5.41) is 12.2. The highest BCUT2D eigenvalue weighted by Gasteiger charge is 2.19. The number of aromatic nitrogens is 5. The third kappa shape index (κ3) is 5.33. The molecular weight excluding hydrogens is 464 g/mol. The number of oxazole rings is 1. The Balaban J connectivity index is 1.27. The van der Waals surface area contributed by atoms with Crippen LogP contribution >= 0.6 is 11.8 Å². The Morgan fingerprint density at radius 3 is 2.83 bits per heavy atom. The van der Waals surface area contributed by atoms with Crippen molar-refractivity contribution < 1.29 is 13.6 Å². The van der Waals surface area contributed by atoms with Gasteiger partial charge in [0.2, 0.25) is 11.7 Å². The van der Waals surface area contributed by atoms with Crippen molar-refractivity contribution in [2.24, 2.45) is 0 Å². The van der Waals surface area contributed by atoms with E-state index in [1.165, 1.54) is 18.0 Å². The predicted molar refractivity (Wildman–Crippen MR) is 130 cm³/mol. The number of amides is 1. The lowest BCUT2D eigenvalue weighted by atomic mass is 10.2. The van der Waals surface area contributed by atoms with E-state index in [0.29, 0.717) is 41.4 Å². The molecule has 35 heavy (non-hydrogen) atoms. The first-order valence-corrected chi connectivity index (χ1v) is 12.0. The first-order valence-electron chi connectivity index (χ1n) is 11.0. The van der Waals surface area contributed by atoms with E-state index in [0.717, 1.165) is 16.9 Å². The second-order valence-electron chi connectivity index (χ2n) is 7.70. The third-order valence-electron chi connectivity index (χ3n) is 5.14. The van der Waals surface area contributed by atoms with Crippen LogP contribution in [0.25, 0.3) is 17.3 Å². The maximum absolute atomic E-state index is 12.4. The molecule has 9 nitrogen and oxygen atoms in total. The number of hydrogen-bond donors (Lipinski definition) is 1. The lowest BCUT2D eigenvalue weighted by Gasteiger charge is -2.09. The van der Waals surface area contributed by atoms with Crippen molar-refractivity contribution in [1.29, 1.82) is 0 Å². The van der Waals surface area contributed by atoms with E-state index in [-0.39, 0.29) is 11.6 Å². The fraction of sp³-hybridized carbons (Fsp3) is 0.160. The fourth-order valence-corrected chi connectivity index (χ4v) is 4.28. The molecule has 0 saturated carbocycles. The van der Waals surface area contributed by atoms with E-state index in [9.17, 15) is 4.79 Å². The van der Waals surface area contributed by atoms with Crippen LogP contribution in [0, 0.1) is 6.92 Å². The smallest absolute Gasteiger partial charge is 0.273 e. The first-order chi connectivity index (χ1) is 17.2. The minimum Gasteiger partial charge on any atom is -0.461 e. The molecule has 0 unspecified atom stereocenters. The van der Waals surface area contributed by atoms with E-state index in [1.54, 1.807) is 12.5 Å². The number of hydrogen-bond acceptors (Lipinski definition) is 8. The van der Waals surface area contributed by atoms with E-state index < -0.39 is 0 Å². The largest absolute Gasteiger partial charge is 0.461 e. The number of pyridine rings is 1. The molecule has 176 valence electrons. The molecule has 0 aliphatic heterocycles. The van der Waals surface area contributed by atoms with E-state index in [1.807, 2.05) is 60.0 Å². The van der Waals surface area contributed by atoms with Crippen molar-refractivity contribution >= 4 is 17.7 Å². The lowest BCUT2D eigenvalue weighted by molar-refractivity contribution is 0.0949. The van der Waals surface area contributed by atoms with Crippen LogP contribution in [0.4, 0.5) is 0 Å². The van der Waals surface area contributed by atoms with Gasteiger partial charge in [0, 0.05) is 24.9 Å². The Kier molecular flexibility index (Phi) is 6.71. The van der Waals surface area contributed by atoms with Crippen LogP contribution in [-0.2, 0) is 12.2 Å². The average Bonchev–Trinajstić information content (AvgIpc) is 3.64. The van der Waals surface area contributed by atoms with Crippen molar-refractivity contribution in [3.05, 3.63) is 96.2 Å². The molecule has 1 N–H and O–H groups in total. The minimum absolute atomic E-state index is 0.234. The standard InChI is InChI=1S/C25H22N6O3S/c1-17-6-4-8-19(14-17)31-23(21-9-5-13-33-21)29-30-25(31)35-16-22-28-20(15-34-22)24(32)27-12-10-18-7-2-3-11-26-18/h2-9,11,13-15H,10,12,16H2,1H3,(H,27,32). The highest BCUT2D eigenvalue weighted by atomic mass is 32.2. The Morgan fingerprint density at radius 1 is 1.09 bits per heavy atom. The fourth-order valence-electron chi connectivity index (χ4n) is 3.48. The number of furan rings is 1. The number of nitrogens with zero attached hydrogens (tertiary/aromatic N) is 5. The molecule has 5 aromatic rings. The van der Waals surface area contributed by atoms with Crippen LogP contribution in [0.3, 0.4) is 0 Å². The molecule has 0 bridgehead atoms. The Labute approximate surface area is 205 Å². The summed E-state index contributed by atoms with van der Waals surface area (Å²) in [6.07, 6.45) is 5.34. The van der Waals surface area contributed by atoms with Crippen LogP contribution in [0.2, 0.25) is 0 Å². The zero-order valence-corrected chi connectivity index (χ0v) is 19.7. The molecule has 5 rings (SSSR count). The van der Waals surface area contributed by atoms with Crippen LogP contribution in [-0.4, -0.2) is 37.2 Å². The molecular formula is C25H22N6O3S. The topological polar surface area (TPSA) is 112 Å². The molecule has 4 heterocycles. The summed E-state index contributed by atoms with van der Waals surface area (Å²) >= 11 is 1.41. The predicted octanol–water partition coefficient (Wildman–Crippen LogP) is 4.48. The van der Waals surface area contributed by atoms with Gasteiger partial charge in [0.05, 0.1) is 17.7 Å². The number of carbonyl (C=O) groups excluding carboxylic acids is 1. The summed E-state index contributed by atoms with van der Waals surface area (Å²) in [4.78, 5) is 21.0. The van der Waals surface area contributed by atoms with E-state index >= 15 is 0 Å². The van der Waals surface area contributed by atoms with Gasteiger partial charge in [-0.2, -0.15) is 0 Å². The van der Waals surface area contributed by atoms with Crippen molar-refractivity contribution in [2.75, 3.05) is 6.54 Å². The quantitative estimate of drug-likeness (QED) is 0.304. The van der Waals surface area contributed by atoms with Crippen molar-refractivity contribution in [3.63, 3.8) is 0 Å². The molecule has 0 saturated heterocycles. The second-order valence-corrected chi connectivity index (χ2v) is 8.64. The van der Waals surface area contributed by atoms with Crippen LogP contribution < -0.4 is 5.32 Å². The first kappa shape index (κ1) is 22.6. The van der Waals surface area contributed by atoms with Gasteiger partial charge in [-0.05, 0) is 48.9 Å². The van der Waals surface area contributed by atoms with Gasteiger partial charge in [-0.15, -0.1) is 10.2 Å². The molecule has 0 aliphatic carbocycles. The Bertz CT molecular complexity index is 1410. The number of nitrogens with one attached hydrogen (secondary N) is 1. The summed E-state index contributed by atoms with van der Waals surface area (Å²) in [7, 11) is 0. The maximum Gasteiger partial charge on any atom is 0.273 e. The maximum atomic E-state index is 12.4. The Morgan fingerprint density at radius 2 is 2.03 bits per heavy atom. The SMILES string of the molecule is Cc1cccc(-n2c(SCc3nc(C(=O)NCCc4ccccn4)co3)nnc2-c2ccco2)c1. The van der Waals surface area contributed by atoms with Crippen LogP contribution in [0.5, 0.6) is 0 Å². The molecule has 0 fully saturated rings. The molecule has 0 aliphatic rings. The molecule has 1 amide bonds. The number of carbonyl (C=O) groups is 1. The number of aryl methyl sites for hydroxylation is 1. The zero-order valence-electron chi connectivity index (χ0n) is 18.9. The van der Waals surface area contributed by atoms with Crippen LogP contribution in [0.15, 0.2) is 87.3 Å². The van der Waals surface area contributed by atoms with Gasteiger partial charge in [0.25, 0.3) is 5.91 Å². The Hall–Kier alpha value is -4.18. The lowest BCUT2D eigenvalue weighted by Crippen LogP contribution is -2.26. The summed E-state index contributed by atoms with van der Waals surface area (Å²) < 4.78 is 13.0. The zero-order chi connectivity index (χ0) is 24.0. The van der Waals surface area contributed by atoms with Crippen LogP contribution in [0.1, 0.15) is 27.6 Å². The van der Waals surface area contributed by atoms with Gasteiger partial charge in [-0.3, -0.25) is 14.3 Å². The molecule has 0 atom stereocenters. The number of benzene rings is 1. The molecule has 4 aromatic heterocycles. The van der Waals surface area contributed by atoms with Gasteiger partial charge < -0.3 is 14.2 Å². The monoisotopic (exact) mass is 486 g/mol. The molecule has 1 aromatic carbocycles. The molecule has 10 heteroatoms. The number of rotatable bonds is 9. The highest BCUT2D eigenvalue weighted by molar-refractivity contribution is 7.98. The number of thioether (sulfide) groups is 1.